The molecule has 0 saturated carbocycles. The zero-order valence-corrected chi connectivity index (χ0v) is 14.5. The van der Waals surface area contributed by atoms with Crippen molar-refractivity contribution in [1.82, 2.24) is 15.3 Å². The summed E-state index contributed by atoms with van der Waals surface area (Å²) in [5, 5.41) is 6.12. The SMILES string of the molecule is COc1ccccc1CNC(=O)c1cncc(NCc2ccccn2)c1. The summed E-state index contributed by atoms with van der Waals surface area (Å²) in [6, 6.07) is 15.1. The van der Waals surface area contributed by atoms with Gasteiger partial charge >= 0.3 is 0 Å². The van der Waals surface area contributed by atoms with Crippen molar-refractivity contribution in [3.8, 4) is 5.75 Å². The number of hydrogen-bond donors (Lipinski definition) is 2. The number of amides is 1. The number of methoxy groups -OCH3 is 1. The van der Waals surface area contributed by atoms with E-state index in [9.17, 15) is 4.79 Å². The highest BCUT2D eigenvalue weighted by Crippen LogP contribution is 2.17. The molecule has 1 aromatic carbocycles. The van der Waals surface area contributed by atoms with Crippen LogP contribution in [0.2, 0.25) is 0 Å². The molecule has 3 aromatic rings. The van der Waals surface area contributed by atoms with Crippen molar-refractivity contribution >= 4 is 11.6 Å². The lowest BCUT2D eigenvalue weighted by molar-refractivity contribution is 0.0950. The summed E-state index contributed by atoms with van der Waals surface area (Å²) in [4.78, 5) is 20.8. The van der Waals surface area contributed by atoms with Crippen molar-refractivity contribution in [1.29, 1.82) is 0 Å². The molecule has 0 spiro atoms. The van der Waals surface area contributed by atoms with E-state index in [0.717, 1.165) is 22.7 Å². The summed E-state index contributed by atoms with van der Waals surface area (Å²) < 4.78 is 5.30. The van der Waals surface area contributed by atoms with E-state index in [0.29, 0.717) is 18.7 Å². The Kier molecular flexibility index (Phi) is 5.77. The maximum atomic E-state index is 12.4. The van der Waals surface area contributed by atoms with Gasteiger partial charge in [-0.05, 0) is 24.3 Å². The zero-order valence-electron chi connectivity index (χ0n) is 14.5. The second-order valence-electron chi connectivity index (χ2n) is 5.63. The van der Waals surface area contributed by atoms with Gasteiger partial charge in [-0.3, -0.25) is 14.8 Å². The number of pyridine rings is 2. The van der Waals surface area contributed by atoms with Crippen LogP contribution in [0.5, 0.6) is 5.75 Å². The van der Waals surface area contributed by atoms with Crippen molar-refractivity contribution in [2.45, 2.75) is 13.1 Å². The molecule has 26 heavy (non-hydrogen) atoms. The summed E-state index contributed by atoms with van der Waals surface area (Å²) in [6.07, 6.45) is 4.97. The molecule has 6 nitrogen and oxygen atoms in total. The molecule has 0 radical (unpaired) electrons. The maximum Gasteiger partial charge on any atom is 0.253 e. The van der Waals surface area contributed by atoms with Crippen molar-refractivity contribution in [2.24, 2.45) is 0 Å². The number of rotatable bonds is 7. The molecule has 0 saturated heterocycles. The number of carbonyl (C=O) groups is 1. The number of nitrogens with zero attached hydrogens (tertiary/aromatic N) is 2. The molecule has 0 bridgehead atoms. The molecule has 2 N–H and O–H groups in total. The third-order valence-electron chi connectivity index (χ3n) is 3.83. The van der Waals surface area contributed by atoms with Crippen molar-refractivity contribution < 1.29 is 9.53 Å². The lowest BCUT2D eigenvalue weighted by Gasteiger charge is -2.10. The number of hydrogen-bond acceptors (Lipinski definition) is 5. The van der Waals surface area contributed by atoms with Gasteiger partial charge in [0.25, 0.3) is 5.91 Å². The molecule has 0 aliphatic heterocycles. The number of carbonyl (C=O) groups excluding carboxylic acids is 1. The Hall–Kier alpha value is -3.41. The fourth-order valence-electron chi connectivity index (χ4n) is 2.48. The largest absolute Gasteiger partial charge is 0.496 e. The first-order valence-electron chi connectivity index (χ1n) is 8.25. The standard InChI is InChI=1S/C20H20N4O2/c1-26-19-8-3-2-6-15(19)12-24-20(25)16-10-18(13-21-11-16)23-14-17-7-4-5-9-22-17/h2-11,13,23H,12,14H2,1H3,(H,24,25). The van der Waals surface area contributed by atoms with Gasteiger partial charge < -0.3 is 15.4 Å². The van der Waals surface area contributed by atoms with Gasteiger partial charge in [-0.15, -0.1) is 0 Å². The summed E-state index contributed by atoms with van der Waals surface area (Å²) in [5.74, 6) is 0.557. The third kappa shape index (κ3) is 4.57. The van der Waals surface area contributed by atoms with Crippen LogP contribution in [0.4, 0.5) is 5.69 Å². The molecule has 1 amide bonds. The predicted octanol–water partition coefficient (Wildman–Crippen LogP) is 3.03. The van der Waals surface area contributed by atoms with E-state index >= 15 is 0 Å². The van der Waals surface area contributed by atoms with Gasteiger partial charge in [0.1, 0.15) is 5.75 Å². The smallest absolute Gasteiger partial charge is 0.253 e. The van der Waals surface area contributed by atoms with Crippen LogP contribution in [-0.2, 0) is 13.1 Å². The third-order valence-corrected chi connectivity index (χ3v) is 3.83. The molecule has 132 valence electrons. The second-order valence-corrected chi connectivity index (χ2v) is 5.63. The van der Waals surface area contributed by atoms with E-state index in [1.165, 1.54) is 0 Å². The van der Waals surface area contributed by atoms with Gasteiger partial charge in [0.2, 0.25) is 0 Å². The Labute approximate surface area is 152 Å². The highest BCUT2D eigenvalue weighted by molar-refractivity contribution is 5.94. The highest BCUT2D eigenvalue weighted by Gasteiger charge is 2.09. The van der Waals surface area contributed by atoms with Crippen LogP contribution in [0.25, 0.3) is 0 Å². The molecular weight excluding hydrogens is 328 g/mol. The lowest BCUT2D eigenvalue weighted by Crippen LogP contribution is -2.23. The Morgan fingerprint density at radius 2 is 1.92 bits per heavy atom. The van der Waals surface area contributed by atoms with E-state index in [-0.39, 0.29) is 5.91 Å². The van der Waals surface area contributed by atoms with Crippen LogP contribution in [0, 0.1) is 0 Å². The van der Waals surface area contributed by atoms with Crippen molar-refractivity contribution in [3.63, 3.8) is 0 Å². The van der Waals surface area contributed by atoms with Gasteiger partial charge in [-0.1, -0.05) is 24.3 Å². The van der Waals surface area contributed by atoms with Crippen LogP contribution in [-0.4, -0.2) is 23.0 Å². The van der Waals surface area contributed by atoms with Crippen LogP contribution in [0.1, 0.15) is 21.6 Å². The molecule has 0 aliphatic carbocycles. The highest BCUT2D eigenvalue weighted by atomic mass is 16.5. The van der Waals surface area contributed by atoms with Gasteiger partial charge in [0.15, 0.2) is 0 Å². The molecule has 6 heteroatoms. The first kappa shape index (κ1) is 17.4. The van der Waals surface area contributed by atoms with Crippen molar-refractivity contribution in [2.75, 3.05) is 12.4 Å². The minimum atomic E-state index is -0.190. The van der Waals surface area contributed by atoms with Gasteiger partial charge in [-0.2, -0.15) is 0 Å². The molecule has 0 fully saturated rings. The monoisotopic (exact) mass is 348 g/mol. The minimum absolute atomic E-state index is 0.190. The zero-order chi connectivity index (χ0) is 18.2. The van der Waals surface area contributed by atoms with E-state index < -0.39 is 0 Å². The van der Waals surface area contributed by atoms with Crippen LogP contribution >= 0.6 is 0 Å². The second kappa shape index (κ2) is 8.62. The molecule has 2 heterocycles. The first-order chi connectivity index (χ1) is 12.8. The van der Waals surface area contributed by atoms with Gasteiger partial charge in [-0.25, -0.2) is 0 Å². The first-order valence-corrected chi connectivity index (χ1v) is 8.25. The normalized spacial score (nSPS) is 10.2. The maximum absolute atomic E-state index is 12.4. The Morgan fingerprint density at radius 1 is 1.08 bits per heavy atom. The Balaban J connectivity index is 1.61. The molecule has 0 unspecified atom stereocenters. The topological polar surface area (TPSA) is 76.1 Å². The summed E-state index contributed by atoms with van der Waals surface area (Å²) in [5.41, 5.74) is 3.09. The molecule has 0 atom stereocenters. The Bertz CT molecular complexity index is 868. The Morgan fingerprint density at radius 3 is 2.73 bits per heavy atom. The molecular formula is C20H20N4O2. The molecule has 2 aromatic heterocycles. The lowest BCUT2D eigenvalue weighted by atomic mass is 10.2. The minimum Gasteiger partial charge on any atom is -0.496 e. The quantitative estimate of drug-likeness (QED) is 0.686. The number of aromatic nitrogens is 2. The van der Waals surface area contributed by atoms with Crippen LogP contribution in [0.15, 0.2) is 67.1 Å². The van der Waals surface area contributed by atoms with E-state index in [1.807, 2.05) is 42.5 Å². The predicted molar refractivity (Wildman–Crippen MR) is 100.0 cm³/mol. The van der Waals surface area contributed by atoms with Crippen LogP contribution in [0.3, 0.4) is 0 Å². The average molecular weight is 348 g/mol. The van der Waals surface area contributed by atoms with Crippen LogP contribution < -0.4 is 15.4 Å². The summed E-state index contributed by atoms with van der Waals surface area (Å²) >= 11 is 0. The number of ether oxygens (including phenoxy) is 1. The van der Waals surface area contributed by atoms with Gasteiger partial charge in [0.05, 0.1) is 30.6 Å². The van der Waals surface area contributed by atoms with Crippen molar-refractivity contribution in [3.05, 3.63) is 83.9 Å². The van der Waals surface area contributed by atoms with E-state index in [2.05, 4.69) is 20.6 Å². The number of nitrogens with one attached hydrogen (secondary N) is 2. The fourth-order valence-corrected chi connectivity index (χ4v) is 2.48. The van der Waals surface area contributed by atoms with E-state index in [4.69, 9.17) is 4.74 Å². The average Bonchev–Trinajstić information content (AvgIpc) is 2.71. The number of benzene rings is 1. The molecule has 0 aliphatic rings. The molecule has 3 rings (SSSR count). The number of para-hydroxylation sites is 1. The van der Waals surface area contributed by atoms with Gasteiger partial charge in [0, 0.05) is 30.7 Å². The number of anilines is 1. The summed E-state index contributed by atoms with van der Waals surface area (Å²) in [7, 11) is 1.61. The summed E-state index contributed by atoms with van der Waals surface area (Å²) in [6.45, 7) is 0.948. The van der Waals surface area contributed by atoms with E-state index in [1.54, 1.807) is 31.8 Å². The fraction of sp³-hybridized carbons (Fsp3) is 0.150.